The molecule has 0 spiro atoms. The Labute approximate surface area is 140 Å². The number of rotatable bonds is 4. The molecule has 5 nitrogen and oxygen atoms in total. The van der Waals surface area contributed by atoms with E-state index in [-0.39, 0.29) is 11.7 Å². The van der Waals surface area contributed by atoms with Gasteiger partial charge in [-0.25, -0.2) is 0 Å². The van der Waals surface area contributed by atoms with Crippen LogP contribution in [0.3, 0.4) is 0 Å². The Bertz CT molecular complexity index is 856. The molecule has 0 aliphatic rings. The minimum atomic E-state index is -0.214. The van der Waals surface area contributed by atoms with E-state index in [4.69, 9.17) is 14.9 Å². The molecule has 3 aromatic rings. The second kappa shape index (κ2) is 6.50. The Morgan fingerprint density at radius 2 is 1.83 bits per heavy atom. The Hall–Kier alpha value is -3.21. The smallest absolute Gasteiger partial charge is 0.293 e. The molecule has 0 saturated carbocycles. The predicted octanol–water partition coefficient (Wildman–Crippen LogP) is 3.81. The van der Waals surface area contributed by atoms with Gasteiger partial charge in [0.05, 0.1) is 12.8 Å². The largest absolute Gasteiger partial charge is 0.495 e. The lowest BCUT2D eigenvalue weighted by molar-refractivity contribution is 0.0967. The van der Waals surface area contributed by atoms with Gasteiger partial charge in [0.15, 0.2) is 5.76 Å². The summed E-state index contributed by atoms with van der Waals surface area (Å²) in [4.78, 5) is 14.1. The van der Waals surface area contributed by atoms with E-state index in [2.05, 4.69) is 0 Å². The summed E-state index contributed by atoms with van der Waals surface area (Å²) < 4.78 is 10.9. The van der Waals surface area contributed by atoms with E-state index in [1.807, 2.05) is 36.4 Å². The van der Waals surface area contributed by atoms with E-state index in [1.165, 1.54) is 0 Å². The molecule has 0 atom stereocenters. The van der Waals surface area contributed by atoms with Crippen molar-refractivity contribution in [3.05, 3.63) is 66.4 Å². The van der Waals surface area contributed by atoms with Gasteiger partial charge >= 0.3 is 0 Å². The highest BCUT2D eigenvalue weighted by atomic mass is 16.5. The third-order valence-electron chi connectivity index (χ3n) is 3.78. The van der Waals surface area contributed by atoms with Gasteiger partial charge in [0.1, 0.15) is 11.5 Å². The number of carbonyl (C=O) groups is 1. The Kier molecular flexibility index (Phi) is 4.24. The van der Waals surface area contributed by atoms with Crippen molar-refractivity contribution in [3.8, 4) is 17.1 Å². The highest BCUT2D eigenvalue weighted by Gasteiger charge is 2.18. The van der Waals surface area contributed by atoms with Crippen LogP contribution < -0.4 is 15.4 Å². The van der Waals surface area contributed by atoms with Crippen molar-refractivity contribution < 1.29 is 13.9 Å². The van der Waals surface area contributed by atoms with Crippen molar-refractivity contribution in [2.45, 2.75) is 0 Å². The van der Waals surface area contributed by atoms with E-state index in [0.29, 0.717) is 17.2 Å². The first-order valence-electron chi connectivity index (χ1n) is 7.47. The molecule has 2 aromatic carbocycles. The molecule has 3 rings (SSSR count). The second-order valence-corrected chi connectivity index (χ2v) is 5.32. The molecule has 0 bridgehead atoms. The standard InChI is InChI=1S/C19H18N2O3/c1-21(14-6-4-3-5-7-14)19(22)18-11-10-16(24-18)13-8-9-17(23-2)15(20)12-13/h3-12H,20H2,1-2H3. The van der Waals surface area contributed by atoms with Crippen molar-refractivity contribution in [1.82, 2.24) is 0 Å². The van der Waals surface area contributed by atoms with Crippen molar-refractivity contribution in [1.29, 1.82) is 0 Å². The van der Waals surface area contributed by atoms with Crippen LogP contribution in [0.25, 0.3) is 11.3 Å². The number of nitrogens with two attached hydrogens (primary N) is 1. The number of methoxy groups -OCH3 is 1. The molecular formula is C19H18N2O3. The Balaban J connectivity index is 1.85. The van der Waals surface area contributed by atoms with Gasteiger partial charge in [-0.05, 0) is 42.5 Å². The molecule has 5 heteroatoms. The predicted molar refractivity (Wildman–Crippen MR) is 94.3 cm³/mol. The molecule has 0 unspecified atom stereocenters. The average Bonchev–Trinajstić information content (AvgIpc) is 3.11. The van der Waals surface area contributed by atoms with Crippen LogP contribution in [0.1, 0.15) is 10.6 Å². The summed E-state index contributed by atoms with van der Waals surface area (Å²) in [6.07, 6.45) is 0. The van der Waals surface area contributed by atoms with Crippen LogP contribution >= 0.6 is 0 Å². The number of nitrogen functional groups attached to an aromatic ring is 1. The zero-order valence-corrected chi connectivity index (χ0v) is 13.5. The molecule has 0 saturated heterocycles. The van der Waals surface area contributed by atoms with E-state index in [1.54, 1.807) is 43.3 Å². The van der Waals surface area contributed by atoms with Gasteiger partial charge in [0, 0.05) is 18.3 Å². The Morgan fingerprint density at radius 3 is 2.50 bits per heavy atom. The molecule has 0 radical (unpaired) electrons. The van der Waals surface area contributed by atoms with Gasteiger partial charge in [-0.2, -0.15) is 0 Å². The number of amides is 1. The monoisotopic (exact) mass is 322 g/mol. The summed E-state index contributed by atoms with van der Waals surface area (Å²) in [5, 5.41) is 0. The second-order valence-electron chi connectivity index (χ2n) is 5.32. The van der Waals surface area contributed by atoms with Crippen LogP contribution in [0, 0.1) is 0 Å². The zero-order valence-electron chi connectivity index (χ0n) is 13.5. The lowest BCUT2D eigenvalue weighted by Crippen LogP contribution is -2.25. The minimum absolute atomic E-state index is 0.214. The van der Waals surface area contributed by atoms with Crippen molar-refractivity contribution in [3.63, 3.8) is 0 Å². The number of nitrogens with zero attached hydrogens (tertiary/aromatic N) is 1. The summed E-state index contributed by atoms with van der Waals surface area (Å²) >= 11 is 0. The molecule has 0 fully saturated rings. The maximum atomic E-state index is 12.5. The lowest BCUT2D eigenvalue weighted by Gasteiger charge is -2.15. The number of hydrogen-bond acceptors (Lipinski definition) is 4. The van der Waals surface area contributed by atoms with Crippen LogP contribution in [0.2, 0.25) is 0 Å². The van der Waals surface area contributed by atoms with Crippen LogP contribution in [0.15, 0.2) is 65.1 Å². The molecule has 122 valence electrons. The average molecular weight is 322 g/mol. The van der Waals surface area contributed by atoms with Gasteiger partial charge in [-0.1, -0.05) is 18.2 Å². The van der Waals surface area contributed by atoms with Gasteiger partial charge in [-0.3, -0.25) is 4.79 Å². The minimum Gasteiger partial charge on any atom is -0.495 e. The van der Waals surface area contributed by atoms with Gasteiger partial charge in [-0.15, -0.1) is 0 Å². The van der Waals surface area contributed by atoms with Crippen molar-refractivity contribution >= 4 is 17.3 Å². The van der Waals surface area contributed by atoms with Crippen molar-refractivity contribution in [2.24, 2.45) is 0 Å². The molecule has 1 heterocycles. The molecule has 1 aromatic heterocycles. The first-order chi connectivity index (χ1) is 11.6. The van der Waals surface area contributed by atoms with Crippen LogP contribution in [-0.2, 0) is 0 Å². The number of para-hydroxylation sites is 1. The first-order valence-corrected chi connectivity index (χ1v) is 7.47. The highest BCUT2D eigenvalue weighted by Crippen LogP contribution is 2.30. The van der Waals surface area contributed by atoms with E-state index in [0.717, 1.165) is 11.3 Å². The fourth-order valence-corrected chi connectivity index (χ4v) is 2.43. The number of furan rings is 1. The first kappa shape index (κ1) is 15.7. The summed E-state index contributed by atoms with van der Waals surface area (Å²) in [7, 11) is 3.28. The zero-order chi connectivity index (χ0) is 17.1. The molecular weight excluding hydrogens is 304 g/mol. The number of ether oxygens (including phenoxy) is 1. The van der Waals surface area contributed by atoms with Gasteiger partial charge < -0.3 is 19.8 Å². The SMILES string of the molecule is COc1ccc(-c2ccc(C(=O)N(C)c3ccccc3)o2)cc1N. The van der Waals surface area contributed by atoms with Crippen LogP contribution in [-0.4, -0.2) is 20.1 Å². The van der Waals surface area contributed by atoms with Crippen LogP contribution in [0.4, 0.5) is 11.4 Å². The maximum Gasteiger partial charge on any atom is 0.293 e. The quantitative estimate of drug-likeness (QED) is 0.742. The molecule has 1 amide bonds. The third-order valence-corrected chi connectivity index (χ3v) is 3.78. The fourth-order valence-electron chi connectivity index (χ4n) is 2.43. The summed E-state index contributed by atoms with van der Waals surface area (Å²) in [6, 6.07) is 18.2. The molecule has 0 aliphatic carbocycles. The third kappa shape index (κ3) is 2.96. The van der Waals surface area contributed by atoms with Gasteiger partial charge in [0.25, 0.3) is 5.91 Å². The number of benzene rings is 2. The van der Waals surface area contributed by atoms with Gasteiger partial charge in [0.2, 0.25) is 0 Å². The van der Waals surface area contributed by atoms with E-state index >= 15 is 0 Å². The summed E-state index contributed by atoms with van der Waals surface area (Å²) in [5.41, 5.74) is 8.02. The number of anilines is 2. The highest BCUT2D eigenvalue weighted by molar-refractivity contribution is 6.04. The molecule has 2 N–H and O–H groups in total. The molecule has 24 heavy (non-hydrogen) atoms. The fraction of sp³-hybridized carbons (Fsp3) is 0.105. The van der Waals surface area contributed by atoms with E-state index < -0.39 is 0 Å². The maximum absolute atomic E-state index is 12.5. The summed E-state index contributed by atoms with van der Waals surface area (Å²) in [6.45, 7) is 0. The topological polar surface area (TPSA) is 68.7 Å². The van der Waals surface area contributed by atoms with Crippen LogP contribution in [0.5, 0.6) is 5.75 Å². The number of hydrogen-bond donors (Lipinski definition) is 1. The number of carbonyl (C=O) groups excluding carboxylic acids is 1. The van der Waals surface area contributed by atoms with Crippen molar-refractivity contribution in [2.75, 3.05) is 24.8 Å². The summed E-state index contributed by atoms with van der Waals surface area (Å²) in [5.74, 6) is 1.24. The Morgan fingerprint density at radius 1 is 1.08 bits per heavy atom. The van der Waals surface area contributed by atoms with E-state index in [9.17, 15) is 4.79 Å². The normalized spacial score (nSPS) is 10.4. The lowest BCUT2D eigenvalue weighted by atomic mass is 10.1. The molecule has 0 aliphatic heterocycles.